The van der Waals surface area contributed by atoms with Crippen LogP contribution in [0.25, 0.3) is 0 Å². The number of nitrogens with zero attached hydrogens (tertiary/aromatic N) is 1. The Bertz CT molecular complexity index is 433. The van der Waals surface area contributed by atoms with E-state index in [-0.39, 0.29) is 12.5 Å². The molecule has 1 amide bonds. The van der Waals surface area contributed by atoms with E-state index in [1.807, 2.05) is 43.3 Å². The zero-order valence-electron chi connectivity index (χ0n) is 12.1. The van der Waals surface area contributed by atoms with Gasteiger partial charge in [-0.15, -0.1) is 0 Å². The van der Waals surface area contributed by atoms with Crippen molar-refractivity contribution in [1.82, 2.24) is 10.2 Å². The number of likely N-dealkylation sites (N-methyl/N-ethyl adjacent to an activating group) is 1. The predicted octanol–water partition coefficient (Wildman–Crippen LogP) is 1.29. The zero-order valence-corrected chi connectivity index (χ0v) is 13.7. The lowest BCUT2D eigenvalue weighted by Gasteiger charge is -2.27. The van der Waals surface area contributed by atoms with E-state index >= 15 is 0 Å². The second kappa shape index (κ2) is 7.73. The summed E-state index contributed by atoms with van der Waals surface area (Å²) in [5.41, 5.74) is -0.110. The summed E-state index contributed by atoms with van der Waals surface area (Å²) >= 11 is 3.34. The average molecular weight is 344 g/mol. The van der Waals surface area contributed by atoms with E-state index in [0.717, 1.165) is 10.2 Å². The van der Waals surface area contributed by atoms with Crippen molar-refractivity contribution in [2.24, 2.45) is 0 Å². The molecule has 6 heteroatoms. The van der Waals surface area contributed by atoms with Crippen molar-refractivity contribution in [2.75, 3.05) is 39.0 Å². The number of rotatable bonds is 7. The van der Waals surface area contributed by atoms with E-state index in [0.29, 0.717) is 13.1 Å². The Morgan fingerprint density at radius 1 is 1.35 bits per heavy atom. The molecule has 20 heavy (non-hydrogen) atoms. The molecule has 0 heterocycles. The van der Waals surface area contributed by atoms with Crippen LogP contribution in [0.3, 0.4) is 0 Å². The molecule has 0 saturated heterocycles. The molecule has 0 aliphatic heterocycles. The molecule has 0 fully saturated rings. The Balaban J connectivity index is 2.31. The van der Waals surface area contributed by atoms with Crippen molar-refractivity contribution in [3.63, 3.8) is 0 Å². The molecule has 0 aliphatic rings. The number of amides is 1. The van der Waals surface area contributed by atoms with Gasteiger partial charge in [0.25, 0.3) is 0 Å². The van der Waals surface area contributed by atoms with Gasteiger partial charge in [0.15, 0.2) is 0 Å². The standard InChI is InChI=1S/C14H22BrN3O2/c1-14(20,10-18(2)3)9-16-8-13(19)17-12-6-4-11(15)5-7-12/h4-7,16,20H,8-10H2,1-3H3,(H,17,19). The van der Waals surface area contributed by atoms with Crippen molar-refractivity contribution in [3.05, 3.63) is 28.7 Å². The first-order valence-electron chi connectivity index (χ1n) is 6.42. The molecule has 1 aromatic rings. The first kappa shape index (κ1) is 17.1. The number of halogens is 1. The second-order valence-corrected chi connectivity index (χ2v) is 6.31. The fourth-order valence-electron chi connectivity index (χ4n) is 1.92. The van der Waals surface area contributed by atoms with Gasteiger partial charge in [0.2, 0.25) is 5.91 Å². The minimum Gasteiger partial charge on any atom is -0.388 e. The molecular weight excluding hydrogens is 322 g/mol. The molecule has 112 valence electrons. The zero-order chi connectivity index (χ0) is 15.2. The van der Waals surface area contributed by atoms with Gasteiger partial charge in [-0.3, -0.25) is 4.79 Å². The van der Waals surface area contributed by atoms with Gasteiger partial charge in [0.1, 0.15) is 0 Å². The fourth-order valence-corrected chi connectivity index (χ4v) is 2.19. The highest BCUT2D eigenvalue weighted by Gasteiger charge is 2.20. The number of nitrogens with one attached hydrogen (secondary N) is 2. The normalized spacial score (nSPS) is 14.1. The first-order valence-corrected chi connectivity index (χ1v) is 7.21. The lowest BCUT2D eigenvalue weighted by molar-refractivity contribution is -0.115. The maximum Gasteiger partial charge on any atom is 0.238 e. The molecule has 1 rings (SSSR count). The van der Waals surface area contributed by atoms with Crippen LogP contribution >= 0.6 is 15.9 Å². The smallest absolute Gasteiger partial charge is 0.238 e. The Morgan fingerprint density at radius 3 is 2.50 bits per heavy atom. The third-order valence-corrected chi connectivity index (χ3v) is 3.10. The van der Waals surface area contributed by atoms with Gasteiger partial charge >= 0.3 is 0 Å². The van der Waals surface area contributed by atoms with Crippen LogP contribution < -0.4 is 10.6 Å². The maximum atomic E-state index is 11.7. The summed E-state index contributed by atoms with van der Waals surface area (Å²) in [5.74, 6) is -0.132. The second-order valence-electron chi connectivity index (χ2n) is 5.39. The van der Waals surface area contributed by atoms with Gasteiger partial charge in [0.05, 0.1) is 12.1 Å². The van der Waals surface area contributed by atoms with Crippen molar-refractivity contribution in [3.8, 4) is 0 Å². The minimum absolute atomic E-state index is 0.132. The summed E-state index contributed by atoms with van der Waals surface area (Å²) in [6, 6.07) is 7.38. The van der Waals surface area contributed by atoms with Gasteiger partial charge < -0.3 is 20.6 Å². The molecule has 1 atom stereocenters. The van der Waals surface area contributed by atoms with Crippen LogP contribution in [-0.4, -0.2) is 55.2 Å². The monoisotopic (exact) mass is 343 g/mol. The molecule has 3 N–H and O–H groups in total. The molecule has 0 aliphatic carbocycles. The number of aliphatic hydroxyl groups is 1. The highest BCUT2D eigenvalue weighted by atomic mass is 79.9. The maximum absolute atomic E-state index is 11.7. The summed E-state index contributed by atoms with van der Waals surface area (Å²) in [6.07, 6.45) is 0. The highest BCUT2D eigenvalue weighted by Crippen LogP contribution is 2.13. The number of anilines is 1. The number of hydrogen-bond acceptors (Lipinski definition) is 4. The van der Waals surface area contributed by atoms with Crippen molar-refractivity contribution >= 4 is 27.5 Å². The van der Waals surface area contributed by atoms with E-state index in [4.69, 9.17) is 0 Å². The van der Waals surface area contributed by atoms with Gasteiger partial charge in [0, 0.05) is 23.2 Å². The summed E-state index contributed by atoms with van der Waals surface area (Å²) in [6.45, 7) is 2.81. The fraction of sp³-hybridized carbons (Fsp3) is 0.500. The van der Waals surface area contributed by atoms with Gasteiger partial charge in [-0.1, -0.05) is 15.9 Å². The topological polar surface area (TPSA) is 64.6 Å². The molecule has 0 saturated carbocycles. The van der Waals surface area contributed by atoms with E-state index < -0.39 is 5.60 Å². The van der Waals surface area contributed by atoms with Crippen LogP contribution in [0.1, 0.15) is 6.92 Å². The average Bonchev–Trinajstić information content (AvgIpc) is 2.30. The van der Waals surface area contributed by atoms with Crippen molar-refractivity contribution < 1.29 is 9.90 Å². The van der Waals surface area contributed by atoms with Gasteiger partial charge in [-0.05, 0) is 45.3 Å². The number of carbonyl (C=O) groups is 1. The van der Waals surface area contributed by atoms with Crippen LogP contribution in [0.2, 0.25) is 0 Å². The summed E-state index contributed by atoms with van der Waals surface area (Å²) in [5, 5.41) is 15.8. The molecule has 1 unspecified atom stereocenters. The summed E-state index contributed by atoms with van der Waals surface area (Å²) in [7, 11) is 3.80. The quantitative estimate of drug-likeness (QED) is 0.698. The highest BCUT2D eigenvalue weighted by molar-refractivity contribution is 9.10. The van der Waals surface area contributed by atoms with Gasteiger partial charge in [-0.25, -0.2) is 0 Å². The molecular formula is C14H22BrN3O2. The number of benzene rings is 1. The predicted molar refractivity (Wildman–Crippen MR) is 84.8 cm³/mol. The summed E-state index contributed by atoms with van der Waals surface area (Å²) in [4.78, 5) is 13.6. The summed E-state index contributed by atoms with van der Waals surface area (Å²) < 4.78 is 0.966. The van der Waals surface area contributed by atoms with E-state index in [1.54, 1.807) is 6.92 Å². The lowest BCUT2D eigenvalue weighted by Crippen LogP contribution is -2.47. The Kier molecular flexibility index (Phi) is 6.61. The van der Waals surface area contributed by atoms with E-state index in [2.05, 4.69) is 26.6 Å². The Hall–Kier alpha value is -0.950. The molecule has 0 aromatic heterocycles. The van der Waals surface area contributed by atoms with Crippen LogP contribution in [0.15, 0.2) is 28.7 Å². The van der Waals surface area contributed by atoms with Crippen LogP contribution in [-0.2, 0) is 4.79 Å². The van der Waals surface area contributed by atoms with Crippen molar-refractivity contribution in [1.29, 1.82) is 0 Å². The molecule has 1 aromatic carbocycles. The minimum atomic E-state index is -0.860. The van der Waals surface area contributed by atoms with Crippen LogP contribution in [0, 0.1) is 0 Å². The van der Waals surface area contributed by atoms with E-state index in [9.17, 15) is 9.90 Å². The van der Waals surface area contributed by atoms with Gasteiger partial charge in [-0.2, -0.15) is 0 Å². The SMILES string of the molecule is CN(C)CC(C)(O)CNCC(=O)Nc1ccc(Br)cc1. The first-order chi connectivity index (χ1) is 9.28. The molecule has 0 radical (unpaired) electrons. The third-order valence-electron chi connectivity index (χ3n) is 2.58. The Morgan fingerprint density at radius 2 is 1.95 bits per heavy atom. The number of hydrogen-bond donors (Lipinski definition) is 3. The third kappa shape index (κ3) is 7.00. The lowest BCUT2D eigenvalue weighted by atomic mass is 10.1. The Labute approximate surface area is 128 Å². The van der Waals surface area contributed by atoms with Crippen LogP contribution in [0.4, 0.5) is 5.69 Å². The molecule has 0 spiro atoms. The van der Waals surface area contributed by atoms with Crippen molar-refractivity contribution in [2.45, 2.75) is 12.5 Å². The van der Waals surface area contributed by atoms with E-state index in [1.165, 1.54) is 0 Å². The van der Waals surface area contributed by atoms with Crippen LogP contribution in [0.5, 0.6) is 0 Å². The number of carbonyl (C=O) groups excluding carboxylic acids is 1. The molecule has 5 nitrogen and oxygen atoms in total. The molecule has 0 bridgehead atoms. The largest absolute Gasteiger partial charge is 0.388 e.